The minimum Gasteiger partial charge on any atom is -0.436 e. The monoisotopic (exact) mass is 613 g/mol. The van der Waals surface area contributed by atoms with Gasteiger partial charge < -0.3 is 4.42 Å². The first kappa shape index (κ1) is 27.0. The smallest absolute Gasteiger partial charge is 0.416 e. The normalized spacial score (nSPS) is 12.5. The zero-order chi connectivity index (χ0) is 28.0. The number of nitrogens with zero attached hydrogens (tertiary/aromatic N) is 1. The Hall–Kier alpha value is -3.59. The van der Waals surface area contributed by atoms with Crippen molar-refractivity contribution in [2.24, 2.45) is 0 Å². The number of rotatable bonds is 7. The highest BCUT2D eigenvalue weighted by Crippen LogP contribution is 2.32. The first-order valence-corrected chi connectivity index (χ1v) is 15.0. The third kappa shape index (κ3) is 5.88. The average Bonchev–Trinajstić information content (AvgIpc) is 3.50. The predicted octanol–water partition coefficient (Wildman–Crippen LogP) is 6.83. The topological polar surface area (TPSA) is 118 Å². The van der Waals surface area contributed by atoms with Crippen molar-refractivity contribution in [3.05, 3.63) is 88.8 Å². The molecule has 202 valence electrons. The van der Waals surface area contributed by atoms with E-state index >= 15 is 0 Å². The third-order valence-corrected chi connectivity index (χ3v) is 9.79. The molecule has 0 saturated carbocycles. The van der Waals surface area contributed by atoms with E-state index in [2.05, 4.69) is 14.4 Å². The summed E-state index contributed by atoms with van der Waals surface area (Å²) in [7, 11) is -8.13. The van der Waals surface area contributed by atoms with Crippen molar-refractivity contribution in [2.75, 3.05) is 9.44 Å². The van der Waals surface area contributed by atoms with Crippen LogP contribution >= 0.6 is 22.9 Å². The molecule has 0 bridgehead atoms. The van der Waals surface area contributed by atoms with Crippen molar-refractivity contribution in [2.45, 2.75) is 15.3 Å². The average molecular weight is 614 g/mol. The number of aromatic nitrogens is 1. The zero-order valence-electron chi connectivity index (χ0n) is 19.2. The lowest BCUT2D eigenvalue weighted by Gasteiger charge is -2.11. The molecule has 2 N–H and O–H groups in total. The van der Waals surface area contributed by atoms with E-state index in [1.165, 1.54) is 48.5 Å². The van der Waals surface area contributed by atoms with Crippen molar-refractivity contribution in [1.82, 2.24) is 4.98 Å². The fourth-order valence-corrected chi connectivity index (χ4v) is 7.13. The van der Waals surface area contributed by atoms with Crippen LogP contribution in [0.1, 0.15) is 5.56 Å². The number of nitrogens with one attached hydrogen (secondary N) is 2. The van der Waals surface area contributed by atoms with Crippen LogP contribution in [0.15, 0.2) is 92.4 Å². The van der Waals surface area contributed by atoms with Gasteiger partial charge in [-0.2, -0.15) is 13.2 Å². The fourth-order valence-electron chi connectivity index (χ4n) is 3.50. The highest BCUT2D eigenvalue weighted by Gasteiger charge is 2.31. The van der Waals surface area contributed by atoms with Gasteiger partial charge in [0, 0.05) is 11.3 Å². The molecule has 0 atom stereocenters. The molecule has 8 nitrogen and oxygen atoms in total. The quantitative estimate of drug-likeness (QED) is 0.208. The highest BCUT2D eigenvalue weighted by atomic mass is 35.5. The van der Waals surface area contributed by atoms with Crippen molar-refractivity contribution in [3.63, 3.8) is 0 Å². The van der Waals surface area contributed by atoms with Crippen LogP contribution in [-0.2, 0) is 26.2 Å². The van der Waals surface area contributed by atoms with Gasteiger partial charge in [0.05, 0.1) is 20.5 Å². The van der Waals surface area contributed by atoms with Crippen LogP contribution in [0.3, 0.4) is 0 Å². The minimum atomic E-state index is -4.68. The number of anilines is 2. The summed E-state index contributed by atoms with van der Waals surface area (Å²) >= 11 is 6.75. The van der Waals surface area contributed by atoms with Crippen molar-refractivity contribution < 1.29 is 34.4 Å². The van der Waals surface area contributed by atoms with Gasteiger partial charge in [0.15, 0.2) is 5.58 Å². The van der Waals surface area contributed by atoms with Crippen molar-refractivity contribution in [3.8, 4) is 11.5 Å². The Morgan fingerprint density at radius 3 is 2.18 bits per heavy atom. The van der Waals surface area contributed by atoms with E-state index in [1.807, 2.05) is 0 Å². The van der Waals surface area contributed by atoms with Gasteiger partial charge in [0.2, 0.25) is 5.89 Å². The SMILES string of the molecule is O=S(=O)(Nc1ccc(-c2nc3cc(NS(=O)(=O)c4ccc(Cl)s4)ccc3o2)cc1)c1cccc(C(F)(F)F)c1. The molecule has 0 unspecified atom stereocenters. The van der Waals surface area contributed by atoms with E-state index in [9.17, 15) is 30.0 Å². The van der Waals surface area contributed by atoms with Crippen molar-refractivity contribution in [1.29, 1.82) is 0 Å². The maximum absolute atomic E-state index is 13.0. The summed E-state index contributed by atoms with van der Waals surface area (Å²) in [5.41, 5.74) is 0.501. The van der Waals surface area contributed by atoms with Gasteiger partial charge in [0.1, 0.15) is 9.73 Å². The lowest BCUT2D eigenvalue weighted by atomic mass is 10.2. The first-order chi connectivity index (χ1) is 18.3. The largest absolute Gasteiger partial charge is 0.436 e. The molecule has 0 aliphatic rings. The minimum absolute atomic E-state index is 0.0530. The molecule has 5 aromatic rings. The second kappa shape index (κ2) is 9.86. The van der Waals surface area contributed by atoms with E-state index in [0.29, 0.717) is 27.1 Å². The molecule has 15 heteroatoms. The zero-order valence-corrected chi connectivity index (χ0v) is 22.4. The summed E-state index contributed by atoms with van der Waals surface area (Å²) in [6.07, 6.45) is -4.68. The number of fused-ring (bicyclic) bond motifs is 1. The number of sulfonamides is 2. The van der Waals surface area contributed by atoms with E-state index < -0.39 is 36.7 Å². The standard InChI is InChI=1S/C24H15ClF3N3O5S3/c25-21-10-11-22(37-21)39(34,35)31-17-8-9-20-19(13-17)29-23(36-20)14-4-6-16(7-5-14)30-38(32,33)18-3-1-2-15(12-18)24(26,27)28/h1-13,30-31H. The summed E-state index contributed by atoms with van der Waals surface area (Å²) < 4.78 is 100. The number of halogens is 4. The molecule has 0 saturated heterocycles. The molecule has 0 amide bonds. The van der Waals surface area contributed by atoms with Gasteiger partial charge in [-0.25, -0.2) is 21.8 Å². The van der Waals surface area contributed by atoms with Crippen LogP contribution in [0.25, 0.3) is 22.6 Å². The Morgan fingerprint density at radius 1 is 0.821 bits per heavy atom. The van der Waals surface area contributed by atoms with E-state index in [4.69, 9.17) is 16.0 Å². The van der Waals surface area contributed by atoms with Crippen LogP contribution in [-0.4, -0.2) is 21.8 Å². The van der Waals surface area contributed by atoms with Gasteiger partial charge in [-0.1, -0.05) is 17.7 Å². The number of alkyl halides is 3. The van der Waals surface area contributed by atoms with Crippen LogP contribution in [0.4, 0.5) is 24.5 Å². The number of hydrogen-bond donors (Lipinski definition) is 2. The Labute approximate surface area is 229 Å². The van der Waals surface area contributed by atoms with Crippen LogP contribution in [0.2, 0.25) is 4.34 Å². The Morgan fingerprint density at radius 2 is 1.51 bits per heavy atom. The molecule has 39 heavy (non-hydrogen) atoms. The molecule has 0 aliphatic heterocycles. The number of hydrogen-bond acceptors (Lipinski definition) is 7. The Bertz CT molecular complexity index is 1900. The van der Waals surface area contributed by atoms with Crippen LogP contribution < -0.4 is 9.44 Å². The molecular weight excluding hydrogens is 599 g/mol. The number of thiophene rings is 1. The first-order valence-electron chi connectivity index (χ1n) is 10.8. The molecule has 0 spiro atoms. The van der Waals surface area contributed by atoms with E-state index in [0.717, 1.165) is 29.5 Å². The van der Waals surface area contributed by atoms with Gasteiger partial charge in [-0.15, -0.1) is 11.3 Å². The molecular formula is C24H15ClF3N3O5S3. The lowest BCUT2D eigenvalue weighted by Crippen LogP contribution is -2.14. The van der Waals surface area contributed by atoms with Gasteiger partial charge in [0.25, 0.3) is 20.0 Å². The van der Waals surface area contributed by atoms with Gasteiger partial charge in [-0.05, 0) is 72.8 Å². The summed E-state index contributed by atoms with van der Waals surface area (Å²) in [5, 5.41) is 0. The molecule has 0 radical (unpaired) electrons. The highest BCUT2D eigenvalue weighted by molar-refractivity contribution is 7.94. The van der Waals surface area contributed by atoms with Crippen LogP contribution in [0.5, 0.6) is 0 Å². The lowest BCUT2D eigenvalue weighted by molar-refractivity contribution is -0.137. The van der Waals surface area contributed by atoms with Gasteiger partial charge in [-0.3, -0.25) is 9.44 Å². The maximum Gasteiger partial charge on any atom is 0.416 e. The Kier molecular flexibility index (Phi) is 6.83. The summed E-state index contributed by atoms with van der Waals surface area (Å²) in [6, 6.07) is 16.7. The molecule has 2 aromatic heterocycles. The Balaban J connectivity index is 1.34. The molecule has 2 heterocycles. The van der Waals surface area contributed by atoms with E-state index in [-0.39, 0.29) is 21.5 Å². The summed E-state index contributed by atoms with van der Waals surface area (Å²) in [6.45, 7) is 0. The van der Waals surface area contributed by atoms with Gasteiger partial charge >= 0.3 is 6.18 Å². The molecule has 5 rings (SSSR count). The fraction of sp³-hybridized carbons (Fsp3) is 0.0417. The summed E-state index contributed by atoms with van der Waals surface area (Å²) in [4.78, 5) is 3.84. The predicted molar refractivity (Wildman–Crippen MR) is 142 cm³/mol. The van der Waals surface area contributed by atoms with E-state index in [1.54, 1.807) is 6.07 Å². The number of benzene rings is 3. The number of oxazole rings is 1. The summed E-state index contributed by atoms with van der Waals surface area (Å²) in [5.74, 6) is 0.183. The second-order valence-corrected chi connectivity index (χ2v) is 13.4. The molecule has 0 aliphatic carbocycles. The molecule has 3 aromatic carbocycles. The van der Waals surface area contributed by atoms with Crippen LogP contribution in [0, 0.1) is 0 Å². The third-order valence-electron chi connectivity index (χ3n) is 5.31. The molecule has 0 fully saturated rings. The maximum atomic E-state index is 13.0. The van der Waals surface area contributed by atoms with Crippen molar-refractivity contribution >= 4 is 65.5 Å². The second-order valence-electron chi connectivity index (χ2n) is 8.07.